The first-order valence-corrected chi connectivity index (χ1v) is 10.6. The molecule has 28 heavy (non-hydrogen) atoms. The van der Waals surface area contributed by atoms with Gasteiger partial charge in [-0.1, -0.05) is 30.3 Å². The average Bonchev–Trinajstić information content (AvgIpc) is 3.16. The molecule has 0 N–H and O–H groups in total. The summed E-state index contributed by atoms with van der Waals surface area (Å²) in [6.07, 6.45) is 0. The highest BCUT2D eigenvalue weighted by molar-refractivity contribution is 7.25. The van der Waals surface area contributed by atoms with Crippen molar-refractivity contribution in [3.63, 3.8) is 0 Å². The Morgan fingerprint density at radius 1 is 0.857 bits per heavy atom. The molecule has 0 aliphatic heterocycles. The second-order valence-electron chi connectivity index (χ2n) is 8.64. The van der Waals surface area contributed by atoms with Gasteiger partial charge in [-0.15, -0.1) is 11.3 Å². The summed E-state index contributed by atoms with van der Waals surface area (Å²) in [4.78, 5) is 0. The van der Waals surface area contributed by atoms with Gasteiger partial charge in [0.25, 0.3) is 5.82 Å². The van der Waals surface area contributed by atoms with Crippen LogP contribution in [0, 0.1) is 6.92 Å². The predicted molar refractivity (Wildman–Crippen MR) is 121 cm³/mol. The minimum Gasteiger partial charge on any atom is -0.226 e. The SMILES string of the molecule is Cc1cc2sc3ccccc3c2cc1-c1n(C(C)(C)C)c2ccccc2[n+]1C. The lowest BCUT2D eigenvalue weighted by atomic mass is 10.0. The van der Waals surface area contributed by atoms with Gasteiger partial charge in [-0.3, -0.25) is 0 Å². The van der Waals surface area contributed by atoms with Crippen molar-refractivity contribution >= 4 is 42.5 Å². The number of aromatic nitrogens is 2. The summed E-state index contributed by atoms with van der Waals surface area (Å²) in [5.41, 5.74) is 5.16. The third-order valence-corrected chi connectivity index (χ3v) is 6.78. The van der Waals surface area contributed by atoms with Crippen molar-refractivity contribution in [3.05, 3.63) is 66.2 Å². The molecule has 140 valence electrons. The van der Waals surface area contributed by atoms with Crippen molar-refractivity contribution in [2.24, 2.45) is 7.05 Å². The number of thiophene rings is 1. The molecule has 0 saturated heterocycles. The van der Waals surface area contributed by atoms with Crippen LogP contribution in [-0.2, 0) is 12.6 Å². The van der Waals surface area contributed by atoms with Gasteiger partial charge in [0.05, 0.1) is 12.6 Å². The number of benzene rings is 3. The van der Waals surface area contributed by atoms with Gasteiger partial charge >= 0.3 is 0 Å². The first-order chi connectivity index (χ1) is 13.4. The molecule has 3 heteroatoms. The molecular weight excluding hydrogens is 360 g/mol. The molecular formula is C25H25N2S+. The number of para-hydroxylation sites is 2. The van der Waals surface area contributed by atoms with Crippen molar-refractivity contribution in [3.8, 4) is 11.4 Å². The molecule has 0 aliphatic rings. The highest BCUT2D eigenvalue weighted by Gasteiger charge is 2.33. The summed E-state index contributed by atoms with van der Waals surface area (Å²) in [5, 5.41) is 2.71. The quantitative estimate of drug-likeness (QED) is 0.289. The fraction of sp³-hybridized carbons (Fsp3) is 0.240. The predicted octanol–water partition coefficient (Wildman–Crippen LogP) is 6.56. The van der Waals surface area contributed by atoms with E-state index in [1.807, 2.05) is 11.3 Å². The van der Waals surface area contributed by atoms with Crippen LogP contribution < -0.4 is 4.57 Å². The molecule has 0 aliphatic carbocycles. The maximum Gasteiger partial charge on any atom is 0.290 e. The Bertz CT molecular complexity index is 1360. The molecule has 3 aromatic carbocycles. The van der Waals surface area contributed by atoms with Crippen molar-refractivity contribution in [2.45, 2.75) is 33.2 Å². The van der Waals surface area contributed by atoms with Crippen LogP contribution in [0.15, 0.2) is 60.7 Å². The minimum atomic E-state index is -0.0195. The second kappa shape index (κ2) is 5.92. The lowest BCUT2D eigenvalue weighted by molar-refractivity contribution is -0.634. The van der Waals surface area contributed by atoms with Crippen LogP contribution in [-0.4, -0.2) is 4.57 Å². The molecule has 2 nitrogen and oxygen atoms in total. The maximum atomic E-state index is 2.49. The van der Waals surface area contributed by atoms with E-state index in [2.05, 4.69) is 105 Å². The molecule has 0 bridgehead atoms. The van der Waals surface area contributed by atoms with Crippen molar-refractivity contribution in [1.82, 2.24) is 4.57 Å². The second-order valence-corrected chi connectivity index (χ2v) is 9.72. The van der Waals surface area contributed by atoms with E-state index in [-0.39, 0.29) is 5.54 Å². The van der Waals surface area contributed by atoms with E-state index in [9.17, 15) is 0 Å². The summed E-state index contributed by atoms with van der Waals surface area (Å²) in [7, 11) is 2.19. The van der Waals surface area contributed by atoms with Crippen LogP contribution >= 0.6 is 11.3 Å². The highest BCUT2D eigenvalue weighted by atomic mass is 32.1. The molecule has 0 fully saturated rings. The standard InChI is InChI=1S/C25H25N2S/c1-16-14-23-19(17-10-6-9-13-22(17)28-23)15-18(16)24-26(5)20-11-7-8-12-21(20)27(24)25(2,3)4/h6-15H,1-5H3/q+1. The normalized spacial score (nSPS) is 12.5. The van der Waals surface area contributed by atoms with E-state index in [1.54, 1.807) is 0 Å². The van der Waals surface area contributed by atoms with Crippen molar-refractivity contribution in [1.29, 1.82) is 0 Å². The Morgan fingerprint density at radius 3 is 2.36 bits per heavy atom. The van der Waals surface area contributed by atoms with Gasteiger partial charge < -0.3 is 0 Å². The molecule has 5 aromatic rings. The van der Waals surface area contributed by atoms with E-state index < -0.39 is 0 Å². The van der Waals surface area contributed by atoms with Crippen LogP contribution in [0.1, 0.15) is 26.3 Å². The van der Waals surface area contributed by atoms with Crippen LogP contribution in [0.2, 0.25) is 0 Å². The molecule has 0 radical (unpaired) electrons. The Morgan fingerprint density at radius 2 is 1.57 bits per heavy atom. The van der Waals surface area contributed by atoms with Gasteiger partial charge in [-0.05, 0) is 63.6 Å². The summed E-state index contributed by atoms with van der Waals surface area (Å²) >= 11 is 1.89. The number of hydrogen-bond donors (Lipinski definition) is 0. The average molecular weight is 386 g/mol. The fourth-order valence-corrected chi connectivity index (χ4v) is 5.60. The Hall–Kier alpha value is -2.65. The third kappa shape index (κ3) is 2.43. The number of imidazole rings is 1. The first kappa shape index (κ1) is 17.4. The van der Waals surface area contributed by atoms with E-state index in [0.717, 1.165) is 0 Å². The molecule has 2 aromatic heterocycles. The lowest BCUT2D eigenvalue weighted by Gasteiger charge is -2.19. The zero-order valence-electron chi connectivity index (χ0n) is 17.1. The van der Waals surface area contributed by atoms with E-state index in [4.69, 9.17) is 0 Å². The first-order valence-electron chi connectivity index (χ1n) is 9.78. The van der Waals surface area contributed by atoms with Crippen molar-refractivity contribution in [2.75, 3.05) is 0 Å². The molecule has 0 saturated carbocycles. The smallest absolute Gasteiger partial charge is 0.226 e. The third-order valence-electron chi connectivity index (χ3n) is 5.65. The van der Waals surface area contributed by atoms with Gasteiger partial charge in [0.1, 0.15) is 5.54 Å². The van der Waals surface area contributed by atoms with Crippen LogP contribution in [0.3, 0.4) is 0 Å². The monoisotopic (exact) mass is 385 g/mol. The van der Waals surface area contributed by atoms with Gasteiger partial charge in [0.15, 0.2) is 11.0 Å². The molecule has 0 atom stereocenters. The number of fused-ring (bicyclic) bond motifs is 4. The van der Waals surface area contributed by atoms with Crippen molar-refractivity contribution < 1.29 is 4.57 Å². The van der Waals surface area contributed by atoms with E-state index >= 15 is 0 Å². The summed E-state index contributed by atoms with van der Waals surface area (Å²) in [6.45, 7) is 9.11. The Labute approximate surface area is 169 Å². The molecule has 2 heterocycles. The van der Waals surface area contributed by atoms with E-state index in [1.165, 1.54) is 48.2 Å². The largest absolute Gasteiger partial charge is 0.290 e. The fourth-order valence-electron chi connectivity index (χ4n) is 4.41. The molecule has 0 amide bonds. The van der Waals surface area contributed by atoms with Crippen LogP contribution in [0.4, 0.5) is 0 Å². The lowest BCUT2D eigenvalue weighted by Crippen LogP contribution is -2.33. The molecule has 0 unspecified atom stereocenters. The minimum absolute atomic E-state index is 0.0195. The van der Waals surface area contributed by atoms with E-state index in [0.29, 0.717) is 0 Å². The maximum absolute atomic E-state index is 2.49. The highest BCUT2D eigenvalue weighted by Crippen LogP contribution is 2.39. The Kier molecular flexibility index (Phi) is 3.69. The van der Waals surface area contributed by atoms with Gasteiger partial charge in [0, 0.05) is 20.2 Å². The summed E-state index contributed by atoms with van der Waals surface area (Å²) in [5.74, 6) is 1.27. The van der Waals surface area contributed by atoms with Crippen LogP contribution in [0.25, 0.3) is 42.6 Å². The number of nitrogens with zero attached hydrogens (tertiary/aromatic N) is 2. The van der Waals surface area contributed by atoms with Gasteiger partial charge in [-0.25, -0.2) is 9.13 Å². The number of hydrogen-bond acceptors (Lipinski definition) is 1. The summed E-state index contributed by atoms with van der Waals surface area (Å²) in [6, 6.07) is 22.2. The van der Waals surface area contributed by atoms with Crippen LogP contribution in [0.5, 0.6) is 0 Å². The molecule has 5 rings (SSSR count). The number of aryl methyl sites for hydroxylation is 2. The topological polar surface area (TPSA) is 8.81 Å². The zero-order chi connectivity index (χ0) is 19.6. The zero-order valence-corrected chi connectivity index (χ0v) is 17.9. The summed E-state index contributed by atoms with van der Waals surface area (Å²) < 4.78 is 7.56. The molecule has 0 spiro atoms. The number of rotatable bonds is 1. The Balaban J connectivity index is 1.93. The van der Waals surface area contributed by atoms with Gasteiger partial charge in [-0.2, -0.15) is 0 Å². The van der Waals surface area contributed by atoms with Gasteiger partial charge in [0.2, 0.25) is 0 Å².